The molecule has 0 aliphatic carbocycles. The third-order valence-electron chi connectivity index (χ3n) is 3.98. The van der Waals surface area contributed by atoms with Crippen molar-refractivity contribution in [1.29, 1.82) is 0 Å². The molecule has 0 radical (unpaired) electrons. The van der Waals surface area contributed by atoms with Gasteiger partial charge in [-0.05, 0) is 48.6 Å². The Kier molecular flexibility index (Phi) is 5.74. The molecular weight excluding hydrogens is 300 g/mol. The number of hydrogen-bond acceptors (Lipinski definition) is 2. The highest BCUT2D eigenvalue weighted by molar-refractivity contribution is 6.39. The second-order valence-corrected chi connectivity index (χ2v) is 6.34. The van der Waals surface area contributed by atoms with Crippen molar-refractivity contribution in [1.82, 2.24) is 5.32 Å². The van der Waals surface area contributed by atoms with Crippen LogP contribution in [0, 0.1) is 13.8 Å². The van der Waals surface area contributed by atoms with E-state index in [0.717, 1.165) is 11.1 Å². The van der Waals surface area contributed by atoms with Crippen molar-refractivity contribution in [3.63, 3.8) is 0 Å². The summed E-state index contributed by atoms with van der Waals surface area (Å²) < 4.78 is 0. The molecule has 126 valence electrons. The fourth-order valence-corrected chi connectivity index (χ4v) is 2.44. The highest BCUT2D eigenvalue weighted by Gasteiger charge is 2.14. The third kappa shape index (κ3) is 4.69. The summed E-state index contributed by atoms with van der Waals surface area (Å²) in [5.74, 6) is -0.865. The number of benzene rings is 2. The first-order valence-corrected chi connectivity index (χ1v) is 8.12. The summed E-state index contributed by atoms with van der Waals surface area (Å²) in [7, 11) is 0. The molecular formula is C20H24N2O2. The Hall–Kier alpha value is -2.62. The Balaban J connectivity index is 1.91. The molecule has 0 aromatic heterocycles. The lowest BCUT2D eigenvalue weighted by Gasteiger charge is -2.10. The van der Waals surface area contributed by atoms with Gasteiger partial charge in [-0.25, -0.2) is 0 Å². The quantitative estimate of drug-likeness (QED) is 0.843. The van der Waals surface area contributed by atoms with Crippen LogP contribution in [-0.2, 0) is 16.1 Å². The zero-order valence-electron chi connectivity index (χ0n) is 14.6. The fraction of sp³-hybridized carbons (Fsp3) is 0.300. The molecule has 0 bridgehead atoms. The van der Waals surface area contributed by atoms with Crippen LogP contribution < -0.4 is 10.6 Å². The third-order valence-corrected chi connectivity index (χ3v) is 3.98. The van der Waals surface area contributed by atoms with E-state index in [1.165, 1.54) is 11.1 Å². The summed E-state index contributed by atoms with van der Waals surface area (Å²) in [6.07, 6.45) is 0. The molecule has 0 aliphatic heterocycles. The first kappa shape index (κ1) is 17.7. The molecule has 0 fully saturated rings. The highest BCUT2D eigenvalue weighted by Crippen LogP contribution is 2.17. The number of carbonyl (C=O) groups is 2. The largest absolute Gasteiger partial charge is 0.344 e. The summed E-state index contributed by atoms with van der Waals surface area (Å²) in [5.41, 5.74) is 5.08. The summed E-state index contributed by atoms with van der Waals surface area (Å²) >= 11 is 0. The molecule has 2 aromatic rings. The first-order valence-electron chi connectivity index (χ1n) is 8.12. The minimum atomic E-state index is -0.655. The molecule has 4 heteroatoms. The van der Waals surface area contributed by atoms with Gasteiger partial charge in [-0.2, -0.15) is 0 Å². The van der Waals surface area contributed by atoms with Crippen LogP contribution in [0.25, 0.3) is 0 Å². The molecule has 0 spiro atoms. The summed E-state index contributed by atoms with van der Waals surface area (Å²) in [6.45, 7) is 8.56. The van der Waals surface area contributed by atoms with Crippen LogP contribution in [0.4, 0.5) is 5.69 Å². The number of anilines is 1. The molecule has 2 N–H and O–H groups in total. The number of carbonyl (C=O) groups excluding carboxylic acids is 2. The van der Waals surface area contributed by atoms with Gasteiger partial charge in [-0.3, -0.25) is 9.59 Å². The van der Waals surface area contributed by atoms with Crippen LogP contribution >= 0.6 is 0 Å². The predicted octanol–water partition coefficient (Wildman–Crippen LogP) is 3.68. The molecule has 2 aromatic carbocycles. The van der Waals surface area contributed by atoms with Gasteiger partial charge in [0.1, 0.15) is 0 Å². The zero-order chi connectivity index (χ0) is 17.7. The minimum absolute atomic E-state index is 0.338. The second kappa shape index (κ2) is 7.77. The SMILES string of the molecule is Cc1ccc(CNC(=O)C(=O)Nc2ccc(C(C)C)cc2)c(C)c1. The number of amides is 2. The molecule has 2 rings (SSSR count). The van der Waals surface area contributed by atoms with E-state index in [2.05, 4.69) is 30.5 Å². The Morgan fingerprint density at radius 3 is 2.21 bits per heavy atom. The van der Waals surface area contributed by atoms with Crippen LogP contribution in [0.3, 0.4) is 0 Å². The van der Waals surface area contributed by atoms with Crippen molar-refractivity contribution in [2.24, 2.45) is 0 Å². The summed E-state index contributed by atoms with van der Waals surface area (Å²) in [4.78, 5) is 23.9. The lowest BCUT2D eigenvalue weighted by molar-refractivity contribution is -0.136. The Bertz CT molecular complexity index is 734. The molecule has 24 heavy (non-hydrogen) atoms. The monoisotopic (exact) mass is 324 g/mol. The van der Waals surface area contributed by atoms with Crippen molar-refractivity contribution in [3.8, 4) is 0 Å². The van der Waals surface area contributed by atoms with Crippen molar-refractivity contribution in [2.75, 3.05) is 5.32 Å². The molecule has 0 unspecified atom stereocenters. The normalized spacial score (nSPS) is 10.5. The molecule has 0 aliphatic rings. The maximum atomic E-state index is 12.0. The predicted molar refractivity (Wildman–Crippen MR) is 96.9 cm³/mol. The smallest absolute Gasteiger partial charge is 0.313 e. The maximum absolute atomic E-state index is 12.0. The zero-order valence-corrected chi connectivity index (χ0v) is 14.6. The average molecular weight is 324 g/mol. The van der Waals surface area contributed by atoms with E-state index in [4.69, 9.17) is 0 Å². The number of nitrogens with one attached hydrogen (secondary N) is 2. The second-order valence-electron chi connectivity index (χ2n) is 6.34. The van der Waals surface area contributed by atoms with Crippen LogP contribution in [0.1, 0.15) is 42.0 Å². The Morgan fingerprint density at radius 2 is 1.62 bits per heavy atom. The van der Waals surface area contributed by atoms with E-state index < -0.39 is 11.8 Å². The summed E-state index contributed by atoms with van der Waals surface area (Å²) in [6, 6.07) is 13.5. The van der Waals surface area contributed by atoms with Gasteiger partial charge >= 0.3 is 11.8 Å². The van der Waals surface area contributed by atoms with Gasteiger partial charge in [0.2, 0.25) is 0 Å². The first-order chi connectivity index (χ1) is 11.4. The molecule has 2 amide bonds. The van der Waals surface area contributed by atoms with E-state index in [1.54, 1.807) is 0 Å². The van der Waals surface area contributed by atoms with Crippen molar-refractivity contribution < 1.29 is 9.59 Å². The van der Waals surface area contributed by atoms with E-state index in [9.17, 15) is 9.59 Å². The molecule has 0 saturated heterocycles. The summed E-state index contributed by atoms with van der Waals surface area (Å²) in [5, 5.41) is 5.27. The average Bonchev–Trinajstić information content (AvgIpc) is 2.54. The van der Waals surface area contributed by atoms with Gasteiger partial charge < -0.3 is 10.6 Å². The van der Waals surface area contributed by atoms with Crippen LogP contribution in [0.5, 0.6) is 0 Å². The van der Waals surface area contributed by atoms with E-state index >= 15 is 0 Å². The molecule has 0 saturated carbocycles. The maximum Gasteiger partial charge on any atom is 0.313 e. The van der Waals surface area contributed by atoms with Crippen molar-refractivity contribution >= 4 is 17.5 Å². The topological polar surface area (TPSA) is 58.2 Å². The lowest BCUT2D eigenvalue weighted by atomic mass is 10.0. The Morgan fingerprint density at radius 1 is 0.958 bits per heavy atom. The van der Waals surface area contributed by atoms with Gasteiger partial charge in [0.25, 0.3) is 0 Å². The van der Waals surface area contributed by atoms with Crippen molar-refractivity contribution in [3.05, 3.63) is 64.7 Å². The highest BCUT2D eigenvalue weighted by atomic mass is 16.2. The lowest BCUT2D eigenvalue weighted by Crippen LogP contribution is -2.35. The number of hydrogen-bond donors (Lipinski definition) is 2. The molecule has 0 heterocycles. The van der Waals surface area contributed by atoms with Crippen molar-refractivity contribution in [2.45, 2.75) is 40.2 Å². The van der Waals surface area contributed by atoms with Gasteiger partial charge in [-0.1, -0.05) is 49.7 Å². The standard InChI is InChI=1S/C20H24N2O2/c1-13(2)16-7-9-18(10-8-16)22-20(24)19(23)21-12-17-6-5-14(3)11-15(17)4/h5-11,13H,12H2,1-4H3,(H,21,23)(H,22,24). The van der Waals surface area contributed by atoms with Gasteiger partial charge in [-0.15, -0.1) is 0 Å². The van der Waals surface area contributed by atoms with E-state index in [1.807, 2.05) is 50.2 Å². The molecule has 4 nitrogen and oxygen atoms in total. The van der Waals surface area contributed by atoms with Gasteiger partial charge in [0.05, 0.1) is 0 Å². The van der Waals surface area contributed by atoms with Crippen LogP contribution in [0.2, 0.25) is 0 Å². The number of rotatable bonds is 4. The molecule has 0 atom stereocenters. The van der Waals surface area contributed by atoms with E-state index in [0.29, 0.717) is 18.2 Å². The van der Waals surface area contributed by atoms with Gasteiger partial charge in [0, 0.05) is 12.2 Å². The van der Waals surface area contributed by atoms with Crippen LogP contribution in [0.15, 0.2) is 42.5 Å². The number of aryl methyl sites for hydroxylation is 2. The van der Waals surface area contributed by atoms with Gasteiger partial charge in [0.15, 0.2) is 0 Å². The fourth-order valence-electron chi connectivity index (χ4n) is 2.44. The van der Waals surface area contributed by atoms with E-state index in [-0.39, 0.29) is 0 Å². The minimum Gasteiger partial charge on any atom is -0.344 e. The van der Waals surface area contributed by atoms with Crippen LogP contribution in [-0.4, -0.2) is 11.8 Å². The Labute approximate surface area is 143 Å².